The topological polar surface area (TPSA) is 20.2 Å². The van der Waals surface area contributed by atoms with Crippen LogP contribution in [0.15, 0.2) is 48.5 Å². The predicted octanol–water partition coefficient (Wildman–Crippen LogP) is 3.64. The Hall–Kier alpha value is -1.60. The first-order chi connectivity index (χ1) is 8.22. The Morgan fingerprint density at radius 2 is 1.65 bits per heavy atom. The van der Waals surface area contributed by atoms with Gasteiger partial charge in [0.15, 0.2) is 0 Å². The summed E-state index contributed by atoms with van der Waals surface area (Å²) >= 11 is 0. The van der Waals surface area contributed by atoms with Crippen molar-refractivity contribution in [1.29, 1.82) is 0 Å². The number of hydrogen-bond donors (Lipinski definition) is 1. The molecular weight excluding hydrogens is 208 g/mol. The molecule has 0 aliphatic carbocycles. The molecule has 2 aromatic rings. The van der Waals surface area contributed by atoms with E-state index < -0.39 is 6.10 Å². The second-order valence-corrected chi connectivity index (χ2v) is 4.37. The van der Waals surface area contributed by atoms with Gasteiger partial charge in [-0.25, -0.2) is 0 Å². The molecule has 0 aromatic heterocycles. The second kappa shape index (κ2) is 5.15. The van der Waals surface area contributed by atoms with E-state index in [0.717, 1.165) is 17.5 Å². The Morgan fingerprint density at radius 3 is 2.29 bits per heavy atom. The summed E-state index contributed by atoms with van der Waals surface area (Å²) in [4.78, 5) is 0. The molecule has 17 heavy (non-hydrogen) atoms. The molecular formula is C16H18O. The van der Waals surface area contributed by atoms with Crippen molar-refractivity contribution in [1.82, 2.24) is 0 Å². The van der Waals surface area contributed by atoms with Crippen molar-refractivity contribution in [2.45, 2.75) is 26.4 Å². The lowest BCUT2D eigenvalue weighted by Gasteiger charge is -2.15. The fraction of sp³-hybridized carbons (Fsp3) is 0.250. The van der Waals surface area contributed by atoms with Crippen molar-refractivity contribution in [3.8, 4) is 0 Å². The van der Waals surface area contributed by atoms with Gasteiger partial charge in [-0.2, -0.15) is 0 Å². The second-order valence-electron chi connectivity index (χ2n) is 4.37. The fourth-order valence-corrected chi connectivity index (χ4v) is 2.05. The van der Waals surface area contributed by atoms with Gasteiger partial charge in [0.1, 0.15) is 6.10 Å². The van der Waals surface area contributed by atoms with Crippen molar-refractivity contribution >= 4 is 0 Å². The molecule has 0 saturated heterocycles. The van der Waals surface area contributed by atoms with Crippen LogP contribution in [0.4, 0.5) is 0 Å². The van der Waals surface area contributed by atoms with E-state index in [9.17, 15) is 5.11 Å². The average molecular weight is 226 g/mol. The highest BCUT2D eigenvalue weighted by Crippen LogP contribution is 2.25. The maximum atomic E-state index is 10.4. The molecule has 0 aliphatic heterocycles. The summed E-state index contributed by atoms with van der Waals surface area (Å²) in [6.45, 7) is 4.16. The minimum atomic E-state index is -0.522. The van der Waals surface area contributed by atoms with Crippen molar-refractivity contribution in [2.75, 3.05) is 0 Å². The van der Waals surface area contributed by atoms with Gasteiger partial charge in [0.25, 0.3) is 0 Å². The molecule has 0 radical (unpaired) electrons. The average Bonchev–Trinajstić information content (AvgIpc) is 2.39. The zero-order valence-corrected chi connectivity index (χ0v) is 10.4. The maximum Gasteiger partial charge on any atom is 0.104 e. The molecule has 0 aliphatic rings. The number of aliphatic hydroxyl groups is 1. The van der Waals surface area contributed by atoms with E-state index in [4.69, 9.17) is 0 Å². The van der Waals surface area contributed by atoms with E-state index in [1.54, 1.807) is 0 Å². The van der Waals surface area contributed by atoms with Crippen LogP contribution in [0.1, 0.15) is 35.3 Å². The normalized spacial score (nSPS) is 12.4. The number of aliphatic hydroxyl groups excluding tert-OH is 1. The highest BCUT2D eigenvalue weighted by atomic mass is 16.3. The third kappa shape index (κ3) is 2.56. The molecule has 1 atom stereocenters. The molecule has 2 aromatic carbocycles. The van der Waals surface area contributed by atoms with Gasteiger partial charge in [-0.1, -0.05) is 61.0 Å². The quantitative estimate of drug-likeness (QED) is 0.847. The van der Waals surface area contributed by atoms with Gasteiger partial charge < -0.3 is 5.11 Å². The van der Waals surface area contributed by atoms with Crippen molar-refractivity contribution in [3.63, 3.8) is 0 Å². The van der Waals surface area contributed by atoms with Crippen LogP contribution in [0.25, 0.3) is 0 Å². The van der Waals surface area contributed by atoms with Gasteiger partial charge in [-0.15, -0.1) is 0 Å². The van der Waals surface area contributed by atoms with Gasteiger partial charge in [-0.05, 0) is 30.0 Å². The molecule has 0 spiro atoms. The molecule has 2 rings (SSSR count). The molecule has 0 heterocycles. The minimum Gasteiger partial charge on any atom is -0.384 e. The van der Waals surface area contributed by atoms with Crippen LogP contribution in [0.3, 0.4) is 0 Å². The van der Waals surface area contributed by atoms with Crippen molar-refractivity contribution in [2.24, 2.45) is 0 Å². The summed E-state index contributed by atoms with van der Waals surface area (Å²) < 4.78 is 0. The molecule has 1 unspecified atom stereocenters. The summed E-state index contributed by atoms with van der Waals surface area (Å²) in [5, 5.41) is 10.4. The lowest BCUT2D eigenvalue weighted by molar-refractivity contribution is 0.219. The first-order valence-electron chi connectivity index (χ1n) is 6.04. The number of aryl methyl sites for hydroxylation is 2. The summed E-state index contributed by atoms with van der Waals surface area (Å²) in [5.41, 5.74) is 4.39. The molecule has 0 fully saturated rings. The summed E-state index contributed by atoms with van der Waals surface area (Å²) in [6.07, 6.45) is 0.422. The lowest BCUT2D eigenvalue weighted by Crippen LogP contribution is -2.03. The van der Waals surface area contributed by atoms with E-state index in [2.05, 4.69) is 19.9 Å². The largest absolute Gasteiger partial charge is 0.384 e. The highest BCUT2D eigenvalue weighted by Gasteiger charge is 2.12. The van der Waals surface area contributed by atoms with Crippen LogP contribution in [0.5, 0.6) is 0 Å². The van der Waals surface area contributed by atoms with E-state index in [1.165, 1.54) is 11.1 Å². The SMILES string of the molecule is CCc1ccccc1C(O)c1ccc(C)cc1. The van der Waals surface area contributed by atoms with E-state index >= 15 is 0 Å². The maximum absolute atomic E-state index is 10.4. The summed E-state index contributed by atoms with van der Waals surface area (Å²) in [5.74, 6) is 0. The summed E-state index contributed by atoms with van der Waals surface area (Å²) in [6, 6.07) is 16.1. The van der Waals surface area contributed by atoms with E-state index in [1.807, 2.05) is 42.5 Å². The Labute approximate surface area is 103 Å². The molecule has 0 saturated carbocycles. The van der Waals surface area contributed by atoms with Crippen LogP contribution in [0.2, 0.25) is 0 Å². The monoisotopic (exact) mass is 226 g/mol. The standard InChI is InChI=1S/C16H18O/c1-3-13-6-4-5-7-15(13)16(17)14-10-8-12(2)9-11-14/h4-11,16-17H,3H2,1-2H3. The summed E-state index contributed by atoms with van der Waals surface area (Å²) in [7, 11) is 0. The van der Waals surface area contributed by atoms with Gasteiger partial charge >= 0.3 is 0 Å². The van der Waals surface area contributed by atoms with Gasteiger partial charge in [0, 0.05) is 0 Å². The van der Waals surface area contributed by atoms with Crippen LogP contribution in [0, 0.1) is 6.92 Å². The fourth-order valence-electron chi connectivity index (χ4n) is 2.05. The number of rotatable bonds is 3. The van der Waals surface area contributed by atoms with E-state index in [0.29, 0.717) is 0 Å². The first-order valence-corrected chi connectivity index (χ1v) is 6.04. The Kier molecular flexibility index (Phi) is 3.60. The zero-order chi connectivity index (χ0) is 12.3. The van der Waals surface area contributed by atoms with Crippen LogP contribution in [-0.4, -0.2) is 5.11 Å². The van der Waals surface area contributed by atoms with Crippen LogP contribution < -0.4 is 0 Å². The lowest BCUT2D eigenvalue weighted by atomic mass is 9.95. The molecule has 88 valence electrons. The molecule has 1 heteroatoms. The van der Waals surface area contributed by atoms with Gasteiger partial charge in [0.05, 0.1) is 0 Å². The van der Waals surface area contributed by atoms with Crippen LogP contribution >= 0.6 is 0 Å². The predicted molar refractivity (Wildman–Crippen MR) is 71.1 cm³/mol. The number of benzene rings is 2. The molecule has 1 nitrogen and oxygen atoms in total. The van der Waals surface area contributed by atoms with Gasteiger partial charge in [-0.3, -0.25) is 0 Å². The highest BCUT2D eigenvalue weighted by molar-refractivity contribution is 5.36. The molecule has 0 bridgehead atoms. The Morgan fingerprint density at radius 1 is 1.00 bits per heavy atom. The third-order valence-electron chi connectivity index (χ3n) is 3.12. The minimum absolute atomic E-state index is 0.522. The Balaban J connectivity index is 2.36. The first kappa shape index (κ1) is 11.9. The van der Waals surface area contributed by atoms with E-state index in [-0.39, 0.29) is 0 Å². The zero-order valence-electron chi connectivity index (χ0n) is 10.4. The van der Waals surface area contributed by atoms with Crippen molar-refractivity contribution < 1.29 is 5.11 Å². The number of hydrogen-bond acceptors (Lipinski definition) is 1. The Bertz CT molecular complexity index is 485. The molecule has 1 N–H and O–H groups in total. The van der Waals surface area contributed by atoms with Crippen molar-refractivity contribution in [3.05, 3.63) is 70.8 Å². The smallest absolute Gasteiger partial charge is 0.104 e. The van der Waals surface area contributed by atoms with Crippen LogP contribution in [-0.2, 0) is 6.42 Å². The third-order valence-corrected chi connectivity index (χ3v) is 3.12. The van der Waals surface area contributed by atoms with Gasteiger partial charge in [0.2, 0.25) is 0 Å². The molecule has 0 amide bonds.